The number of nitrogens with one attached hydrogen (secondary N) is 1. The molecule has 7 heteroatoms. The standard InChI is InChI=1S/C12H13FN2O3S/c1-2-10-7-14-12(18-10)8-15-19(16,17)11-5-3-4-9(13)6-11/h3-7,15H,2,8H2,1H3. The van der Waals surface area contributed by atoms with Crippen molar-refractivity contribution in [1.29, 1.82) is 0 Å². The Morgan fingerprint density at radius 1 is 1.42 bits per heavy atom. The normalized spacial score (nSPS) is 11.7. The van der Waals surface area contributed by atoms with E-state index in [2.05, 4.69) is 9.71 Å². The molecule has 0 spiro atoms. The van der Waals surface area contributed by atoms with Gasteiger partial charge in [0, 0.05) is 6.42 Å². The van der Waals surface area contributed by atoms with Gasteiger partial charge in [0.2, 0.25) is 15.9 Å². The van der Waals surface area contributed by atoms with E-state index < -0.39 is 15.8 Å². The number of aryl methyl sites for hydroxylation is 1. The summed E-state index contributed by atoms with van der Waals surface area (Å²) in [5.41, 5.74) is 0. The van der Waals surface area contributed by atoms with Crippen LogP contribution in [0.25, 0.3) is 0 Å². The highest BCUT2D eigenvalue weighted by Gasteiger charge is 2.15. The van der Waals surface area contributed by atoms with Gasteiger partial charge in [0.05, 0.1) is 17.6 Å². The zero-order chi connectivity index (χ0) is 13.9. The first-order valence-electron chi connectivity index (χ1n) is 5.70. The van der Waals surface area contributed by atoms with Gasteiger partial charge >= 0.3 is 0 Å². The second-order valence-electron chi connectivity index (χ2n) is 3.86. The third kappa shape index (κ3) is 3.39. The molecule has 1 heterocycles. The van der Waals surface area contributed by atoms with Gasteiger partial charge < -0.3 is 4.42 Å². The van der Waals surface area contributed by atoms with Gasteiger partial charge in [-0.25, -0.2) is 22.5 Å². The quantitative estimate of drug-likeness (QED) is 0.909. The fourth-order valence-electron chi connectivity index (χ4n) is 1.47. The summed E-state index contributed by atoms with van der Waals surface area (Å²) < 4.78 is 44.3. The number of benzene rings is 1. The Bertz CT molecular complexity index is 667. The smallest absolute Gasteiger partial charge is 0.241 e. The Kier molecular flexibility index (Phi) is 3.96. The van der Waals surface area contributed by atoms with Crippen LogP contribution in [0.1, 0.15) is 18.6 Å². The van der Waals surface area contributed by atoms with E-state index in [9.17, 15) is 12.8 Å². The predicted octanol–water partition coefficient (Wildman–Crippen LogP) is 1.85. The summed E-state index contributed by atoms with van der Waals surface area (Å²) in [6.07, 6.45) is 2.23. The number of aromatic nitrogens is 1. The molecule has 0 saturated carbocycles. The van der Waals surface area contributed by atoms with Gasteiger partial charge in [0.25, 0.3) is 0 Å². The van der Waals surface area contributed by atoms with Crippen LogP contribution in [0.3, 0.4) is 0 Å². The number of rotatable bonds is 5. The van der Waals surface area contributed by atoms with Crippen LogP contribution in [0.5, 0.6) is 0 Å². The van der Waals surface area contributed by atoms with Crippen molar-refractivity contribution in [3.05, 3.63) is 47.9 Å². The molecule has 0 aliphatic carbocycles. The summed E-state index contributed by atoms with van der Waals surface area (Å²) in [5.74, 6) is 0.351. The van der Waals surface area contributed by atoms with Crippen molar-refractivity contribution in [3.63, 3.8) is 0 Å². The predicted molar refractivity (Wildman–Crippen MR) is 66.3 cm³/mol. The number of nitrogens with zero attached hydrogens (tertiary/aromatic N) is 1. The molecule has 0 aliphatic heterocycles. The van der Waals surface area contributed by atoms with Crippen LogP contribution in [0.2, 0.25) is 0 Å². The van der Waals surface area contributed by atoms with Crippen molar-refractivity contribution >= 4 is 10.0 Å². The van der Waals surface area contributed by atoms with E-state index in [1.807, 2.05) is 6.92 Å². The second-order valence-corrected chi connectivity index (χ2v) is 5.62. The monoisotopic (exact) mass is 284 g/mol. The summed E-state index contributed by atoms with van der Waals surface area (Å²) in [4.78, 5) is 3.80. The SMILES string of the molecule is CCc1cnc(CNS(=O)(=O)c2cccc(F)c2)o1. The first-order valence-corrected chi connectivity index (χ1v) is 7.18. The zero-order valence-electron chi connectivity index (χ0n) is 10.3. The van der Waals surface area contributed by atoms with Crippen molar-refractivity contribution < 1.29 is 17.2 Å². The average molecular weight is 284 g/mol. The number of hydrogen-bond donors (Lipinski definition) is 1. The highest BCUT2D eigenvalue weighted by molar-refractivity contribution is 7.89. The fraction of sp³-hybridized carbons (Fsp3) is 0.250. The Labute approximate surface area is 110 Å². The van der Waals surface area contributed by atoms with Crippen LogP contribution in [0.4, 0.5) is 4.39 Å². The molecule has 2 aromatic rings. The lowest BCUT2D eigenvalue weighted by molar-refractivity contribution is 0.452. The molecule has 1 aromatic carbocycles. The lowest BCUT2D eigenvalue weighted by Gasteiger charge is -2.04. The highest BCUT2D eigenvalue weighted by Crippen LogP contribution is 2.11. The van der Waals surface area contributed by atoms with E-state index >= 15 is 0 Å². The summed E-state index contributed by atoms with van der Waals surface area (Å²) in [5, 5.41) is 0. The first kappa shape index (κ1) is 13.7. The Hall–Kier alpha value is -1.73. The molecule has 0 fully saturated rings. The van der Waals surface area contributed by atoms with Gasteiger partial charge in [-0.15, -0.1) is 0 Å². The van der Waals surface area contributed by atoms with Gasteiger partial charge in [0.1, 0.15) is 11.6 Å². The maximum absolute atomic E-state index is 13.0. The molecule has 1 aromatic heterocycles. The maximum Gasteiger partial charge on any atom is 0.241 e. The van der Waals surface area contributed by atoms with E-state index in [0.717, 1.165) is 6.07 Å². The lowest BCUT2D eigenvalue weighted by atomic mass is 10.4. The van der Waals surface area contributed by atoms with Gasteiger partial charge in [-0.3, -0.25) is 0 Å². The minimum atomic E-state index is -3.77. The van der Waals surface area contributed by atoms with Crippen LogP contribution in [-0.2, 0) is 23.0 Å². The Morgan fingerprint density at radius 3 is 2.84 bits per heavy atom. The number of halogens is 1. The average Bonchev–Trinajstić information content (AvgIpc) is 2.84. The number of oxazole rings is 1. The minimum absolute atomic E-state index is 0.0706. The molecule has 0 atom stereocenters. The fourth-order valence-corrected chi connectivity index (χ4v) is 2.47. The first-order chi connectivity index (χ1) is 9.01. The van der Waals surface area contributed by atoms with Crippen LogP contribution in [-0.4, -0.2) is 13.4 Å². The zero-order valence-corrected chi connectivity index (χ0v) is 11.1. The van der Waals surface area contributed by atoms with Crippen LogP contribution in [0.15, 0.2) is 39.8 Å². The van der Waals surface area contributed by atoms with Crippen LogP contribution in [0, 0.1) is 5.82 Å². The number of sulfonamides is 1. The van der Waals surface area contributed by atoms with Gasteiger partial charge in [-0.05, 0) is 18.2 Å². The third-order valence-electron chi connectivity index (χ3n) is 2.47. The molecule has 0 bridgehead atoms. The molecule has 0 aliphatic rings. The summed E-state index contributed by atoms with van der Waals surface area (Å²) >= 11 is 0. The Morgan fingerprint density at radius 2 is 2.21 bits per heavy atom. The van der Waals surface area contributed by atoms with E-state index in [1.165, 1.54) is 18.2 Å². The summed E-state index contributed by atoms with van der Waals surface area (Å²) in [6.45, 7) is 1.83. The second kappa shape index (κ2) is 5.50. The molecular formula is C12H13FN2O3S. The van der Waals surface area contributed by atoms with Crippen molar-refractivity contribution in [2.45, 2.75) is 24.8 Å². The minimum Gasteiger partial charge on any atom is -0.444 e. The molecule has 5 nitrogen and oxygen atoms in total. The molecule has 19 heavy (non-hydrogen) atoms. The van der Waals surface area contributed by atoms with Crippen molar-refractivity contribution in [1.82, 2.24) is 9.71 Å². The van der Waals surface area contributed by atoms with Crippen molar-refractivity contribution in [2.24, 2.45) is 0 Å². The topological polar surface area (TPSA) is 72.2 Å². The van der Waals surface area contributed by atoms with E-state index in [1.54, 1.807) is 6.20 Å². The lowest BCUT2D eigenvalue weighted by Crippen LogP contribution is -2.23. The van der Waals surface area contributed by atoms with Crippen LogP contribution < -0.4 is 4.72 Å². The Balaban J connectivity index is 2.09. The van der Waals surface area contributed by atoms with Gasteiger partial charge in [0.15, 0.2) is 0 Å². The molecule has 102 valence electrons. The maximum atomic E-state index is 13.0. The molecule has 0 amide bonds. The van der Waals surface area contributed by atoms with E-state index in [0.29, 0.717) is 12.2 Å². The van der Waals surface area contributed by atoms with E-state index in [-0.39, 0.29) is 17.3 Å². The van der Waals surface area contributed by atoms with Gasteiger partial charge in [-0.2, -0.15) is 0 Å². The van der Waals surface area contributed by atoms with Crippen molar-refractivity contribution in [2.75, 3.05) is 0 Å². The van der Waals surface area contributed by atoms with Gasteiger partial charge in [-0.1, -0.05) is 13.0 Å². The molecule has 0 unspecified atom stereocenters. The summed E-state index contributed by atoms with van der Waals surface area (Å²) in [7, 11) is -3.77. The third-order valence-corrected chi connectivity index (χ3v) is 3.87. The van der Waals surface area contributed by atoms with Crippen molar-refractivity contribution in [3.8, 4) is 0 Å². The highest BCUT2D eigenvalue weighted by atomic mass is 32.2. The van der Waals surface area contributed by atoms with Crippen LogP contribution >= 0.6 is 0 Å². The summed E-state index contributed by atoms with van der Waals surface area (Å²) in [6, 6.07) is 4.79. The molecular weight excluding hydrogens is 271 g/mol. The largest absolute Gasteiger partial charge is 0.444 e. The molecule has 2 rings (SSSR count). The molecule has 1 N–H and O–H groups in total. The molecule has 0 radical (unpaired) electrons. The number of hydrogen-bond acceptors (Lipinski definition) is 4. The molecule has 0 saturated heterocycles. The van der Waals surface area contributed by atoms with E-state index in [4.69, 9.17) is 4.42 Å².